The van der Waals surface area contributed by atoms with Gasteiger partial charge in [0.2, 0.25) is 0 Å². The van der Waals surface area contributed by atoms with Crippen LogP contribution < -0.4 is 0 Å². The highest BCUT2D eigenvalue weighted by atomic mass is 35.5. The second kappa shape index (κ2) is 6.32. The Bertz CT molecular complexity index is 967. The Labute approximate surface area is 153 Å². The fraction of sp³-hybridized carbons (Fsp3) is 0.286. The number of para-hydroxylation sites is 1. The smallest absolute Gasteiger partial charge is 0.0716 e. The van der Waals surface area contributed by atoms with Crippen LogP contribution in [-0.2, 0) is 13.0 Å². The SMILES string of the molecule is C/C(=C/n1c2c(c3cccc(Cl)c31)CN(C)CC2)c1ccc(C)nc1. The molecule has 128 valence electrons. The Morgan fingerprint density at radius 3 is 2.84 bits per heavy atom. The van der Waals surface area contributed by atoms with Crippen molar-refractivity contribution in [2.75, 3.05) is 13.6 Å². The third kappa shape index (κ3) is 2.88. The molecule has 3 heterocycles. The topological polar surface area (TPSA) is 21.1 Å². The number of nitrogens with zero attached hydrogens (tertiary/aromatic N) is 3. The lowest BCUT2D eigenvalue weighted by Gasteiger charge is -2.23. The van der Waals surface area contributed by atoms with Crippen LogP contribution in [0.3, 0.4) is 0 Å². The van der Waals surface area contributed by atoms with Crippen molar-refractivity contribution in [1.82, 2.24) is 14.5 Å². The minimum absolute atomic E-state index is 0.806. The minimum atomic E-state index is 0.806. The summed E-state index contributed by atoms with van der Waals surface area (Å²) in [5, 5.41) is 2.07. The van der Waals surface area contributed by atoms with Crippen LogP contribution in [-0.4, -0.2) is 28.0 Å². The van der Waals surface area contributed by atoms with Gasteiger partial charge in [-0.15, -0.1) is 0 Å². The summed E-state index contributed by atoms with van der Waals surface area (Å²) in [6, 6.07) is 10.4. The number of pyridine rings is 1. The number of rotatable bonds is 2. The second-order valence-electron chi connectivity index (χ2n) is 6.92. The summed E-state index contributed by atoms with van der Waals surface area (Å²) < 4.78 is 2.30. The lowest BCUT2D eigenvalue weighted by molar-refractivity contribution is 0.312. The van der Waals surface area contributed by atoms with Crippen LogP contribution in [0.4, 0.5) is 0 Å². The summed E-state index contributed by atoms with van der Waals surface area (Å²) in [5.74, 6) is 0. The highest BCUT2D eigenvalue weighted by molar-refractivity contribution is 6.35. The van der Waals surface area contributed by atoms with E-state index in [1.54, 1.807) is 0 Å². The van der Waals surface area contributed by atoms with E-state index >= 15 is 0 Å². The first-order valence-electron chi connectivity index (χ1n) is 8.65. The van der Waals surface area contributed by atoms with Crippen molar-refractivity contribution in [3.63, 3.8) is 0 Å². The molecule has 1 aliphatic rings. The molecule has 0 saturated carbocycles. The first kappa shape index (κ1) is 16.4. The van der Waals surface area contributed by atoms with Gasteiger partial charge in [-0.25, -0.2) is 0 Å². The van der Waals surface area contributed by atoms with Crippen LogP contribution in [0.15, 0.2) is 36.5 Å². The molecule has 0 amide bonds. The average molecular weight is 352 g/mol. The maximum Gasteiger partial charge on any atom is 0.0716 e. The average Bonchev–Trinajstić information content (AvgIpc) is 2.90. The molecule has 0 bridgehead atoms. The lowest BCUT2D eigenvalue weighted by Crippen LogP contribution is -2.26. The molecule has 0 radical (unpaired) electrons. The van der Waals surface area contributed by atoms with E-state index < -0.39 is 0 Å². The van der Waals surface area contributed by atoms with Gasteiger partial charge in [-0.1, -0.05) is 29.8 Å². The molecule has 4 heteroatoms. The maximum atomic E-state index is 6.59. The lowest BCUT2D eigenvalue weighted by atomic mass is 10.1. The van der Waals surface area contributed by atoms with Crippen LogP contribution >= 0.6 is 11.6 Å². The van der Waals surface area contributed by atoms with Crippen molar-refractivity contribution in [3.05, 3.63) is 64.1 Å². The number of likely N-dealkylation sites (N-methyl/N-ethyl adjacent to an activating group) is 1. The molecule has 3 aromatic rings. The monoisotopic (exact) mass is 351 g/mol. The molecule has 0 unspecified atom stereocenters. The van der Waals surface area contributed by atoms with Gasteiger partial charge < -0.3 is 9.47 Å². The molecule has 2 aromatic heterocycles. The van der Waals surface area contributed by atoms with Gasteiger partial charge >= 0.3 is 0 Å². The molecule has 1 aliphatic heterocycles. The van der Waals surface area contributed by atoms with Crippen LogP contribution in [0.5, 0.6) is 0 Å². The van der Waals surface area contributed by atoms with Gasteiger partial charge in [-0.2, -0.15) is 0 Å². The summed E-state index contributed by atoms with van der Waals surface area (Å²) in [4.78, 5) is 6.79. The summed E-state index contributed by atoms with van der Waals surface area (Å²) in [7, 11) is 2.18. The van der Waals surface area contributed by atoms with Gasteiger partial charge in [0, 0.05) is 48.7 Å². The summed E-state index contributed by atoms with van der Waals surface area (Å²) in [5.41, 5.74) is 7.25. The van der Waals surface area contributed by atoms with E-state index in [4.69, 9.17) is 11.6 Å². The number of fused-ring (bicyclic) bond motifs is 3. The molecule has 1 aromatic carbocycles. The number of hydrogen-bond acceptors (Lipinski definition) is 2. The molecule has 0 atom stereocenters. The van der Waals surface area contributed by atoms with E-state index in [1.165, 1.54) is 22.2 Å². The number of hydrogen-bond donors (Lipinski definition) is 0. The van der Waals surface area contributed by atoms with Crippen LogP contribution in [0.1, 0.15) is 29.4 Å². The zero-order valence-corrected chi connectivity index (χ0v) is 15.6. The number of aromatic nitrogens is 2. The predicted octanol–water partition coefficient (Wildman–Crippen LogP) is 5.00. The molecular formula is C21H22ClN3. The molecular weight excluding hydrogens is 330 g/mol. The zero-order valence-electron chi connectivity index (χ0n) is 14.9. The van der Waals surface area contributed by atoms with Crippen molar-refractivity contribution in [2.24, 2.45) is 0 Å². The normalized spacial score (nSPS) is 15.6. The maximum absolute atomic E-state index is 6.59. The molecule has 0 saturated heterocycles. The standard InChI is InChI=1S/C21H22ClN3/c1-14(16-8-7-15(2)23-11-16)12-25-20-9-10-24(3)13-18(20)17-5-4-6-19(22)21(17)25/h4-8,11-12H,9-10,13H2,1-3H3/b14-12-. The Kier molecular flexibility index (Phi) is 4.14. The van der Waals surface area contributed by atoms with Crippen LogP contribution in [0.25, 0.3) is 22.7 Å². The molecule has 0 spiro atoms. The highest BCUT2D eigenvalue weighted by Crippen LogP contribution is 2.35. The third-order valence-electron chi connectivity index (χ3n) is 5.04. The van der Waals surface area contributed by atoms with Crippen molar-refractivity contribution in [1.29, 1.82) is 0 Å². The fourth-order valence-electron chi connectivity index (χ4n) is 3.64. The summed E-state index contributed by atoms with van der Waals surface area (Å²) in [6.45, 7) is 6.18. The number of benzene rings is 1. The molecule has 0 fully saturated rings. The molecule has 4 rings (SSSR count). The van der Waals surface area contributed by atoms with Gasteiger partial charge in [0.1, 0.15) is 0 Å². The van der Waals surface area contributed by atoms with E-state index in [9.17, 15) is 0 Å². The molecule has 3 nitrogen and oxygen atoms in total. The van der Waals surface area contributed by atoms with E-state index in [0.717, 1.165) is 41.3 Å². The van der Waals surface area contributed by atoms with E-state index in [-0.39, 0.29) is 0 Å². The van der Waals surface area contributed by atoms with Gasteiger partial charge in [0.05, 0.1) is 10.5 Å². The van der Waals surface area contributed by atoms with E-state index in [0.29, 0.717) is 0 Å². The zero-order chi connectivity index (χ0) is 17.6. The van der Waals surface area contributed by atoms with Crippen molar-refractivity contribution in [2.45, 2.75) is 26.8 Å². The first-order chi connectivity index (χ1) is 12.0. The quantitative estimate of drug-likeness (QED) is 0.647. The molecule has 25 heavy (non-hydrogen) atoms. The summed E-state index contributed by atoms with van der Waals surface area (Å²) >= 11 is 6.59. The largest absolute Gasteiger partial charge is 0.318 e. The molecule has 0 aliphatic carbocycles. The van der Waals surface area contributed by atoms with E-state index in [2.05, 4.69) is 52.8 Å². The Hall–Kier alpha value is -2.10. The van der Waals surface area contributed by atoms with E-state index in [1.807, 2.05) is 25.3 Å². The number of allylic oxidation sites excluding steroid dienone is 1. The van der Waals surface area contributed by atoms with Crippen molar-refractivity contribution >= 4 is 34.3 Å². The Morgan fingerprint density at radius 2 is 2.08 bits per heavy atom. The fourth-order valence-corrected chi connectivity index (χ4v) is 3.91. The summed E-state index contributed by atoms with van der Waals surface area (Å²) in [6.07, 6.45) is 5.19. The number of aryl methyl sites for hydroxylation is 1. The Balaban J connectivity index is 1.92. The minimum Gasteiger partial charge on any atom is -0.318 e. The Morgan fingerprint density at radius 1 is 1.24 bits per heavy atom. The second-order valence-corrected chi connectivity index (χ2v) is 7.33. The van der Waals surface area contributed by atoms with Gasteiger partial charge in [0.25, 0.3) is 0 Å². The van der Waals surface area contributed by atoms with Crippen molar-refractivity contribution < 1.29 is 0 Å². The van der Waals surface area contributed by atoms with Gasteiger partial charge in [-0.05, 0) is 49.7 Å². The van der Waals surface area contributed by atoms with Gasteiger partial charge in [-0.3, -0.25) is 4.98 Å². The number of halogens is 1. The first-order valence-corrected chi connectivity index (χ1v) is 9.02. The van der Waals surface area contributed by atoms with Crippen molar-refractivity contribution in [3.8, 4) is 0 Å². The van der Waals surface area contributed by atoms with Gasteiger partial charge in [0.15, 0.2) is 0 Å². The van der Waals surface area contributed by atoms with Crippen LogP contribution in [0, 0.1) is 6.92 Å². The van der Waals surface area contributed by atoms with Crippen LogP contribution in [0.2, 0.25) is 5.02 Å². The third-order valence-corrected chi connectivity index (χ3v) is 5.34. The molecule has 0 N–H and O–H groups in total. The predicted molar refractivity (Wildman–Crippen MR) is 106 cm³/mol. The highest BCUT2D eigenvalue weighted by Gasteiger charge is 2.22.